The van der Waals surface area contributed by atoms with Crippen LogP contribution < -0.4 is 5.32 Å². The standard InChI is InChI=1S/C19H17ClN4O2/c1-23(2)19(26)13-6-5-7-14(12-13)21-17(25)10-9-15-18(20)22-16-8-3-4-11-24(15)16/h3-12H,1-2H3,(H,21,25)/b10-9+. The van der Waals surface area contributed by atoms with Crippen LogP contribution in [0.25, 0.3) is 11.7 Å². The highest BCUT2D eigenvalue weighted by molar-refractivity contribution is 6.31. The van der Waals surface area contributed by atoms with E-state index in [1.54, 1.807) is 48.8 Å². The number of benzene rings is 1. The number of carbonyl (C=O) groups is 2. The van der Waals surface area contributed by atoms with Gasteiger partial charge in [0.2, 0.25) is 5.91 Å². The number of nitrogens with one attached hydrogen (secondary N) is 1. The summed E-state index contributed by atoms with van der Waals surface area (Å²) in [5.74, 6) is -0.462. The lowest BCUT2D eigenvalue weighted by atomic mass is 10.2. The number of hydrogen-bond acceptors (Lipinski definition) is 3. The van der Waals surface area contributed by atoms with Crippen LogP contribution in [-0.2, 0) is 4.79 Å². The quantitative estimate of drug-likeness (QED) is 0.718. The summed E-state index contributed by atoms with van der Waals surface area (Å²) in [5, 5.41) is 3.06. The van der Waals surface area contributed by atoms with E-state index < -0.39 is 0 Å². The molecule has 0 spiro atoms. The Morgan fingerprint density at radius 2 is 2.00 bits per heavy atom. The lowest BCUT2D eigenvalue weighted by Gasteiger charge is -2.11. The van der Waals surface area contributed by atoms with Gasteiger partial charge in [0.15, 0.2) is 5.15 Å². The van der Waals surface area contributed by atoms with Crippen molar-refractivity contribution in [2.45, 2.75) is 0 Å². The van der Waals surface area contributed by atoms with E-state index in [1.807, 2.05) is 24.4 Å². The number of nitrogens with zero attached hydrogens (tertiary/aromatic N) is 3. The minimum absolute atomic E-state index is 0.130. The Balaban J connectivity index is 1.77. The Morgan fingerprint density at radius 1 is 1.19 bits per heavy atom. The second kappa shape index (κ2) is 7.41. The van der Waals surface area contributed by atoms with Crippen molar-refractivity contribution in [3.05, 3.63) is 71.1 Å². The Labute approximate surface area is 155 Å². The second-order valence-corrected chi connectivity index (χ2v) is 6.18. The van der Waals surface area contributed by atoms with Crippen LogP contribution in [0.1, 0.15) is 16.1 Å². The van der Waals surface area contributed by atoms with Gasteiger partial charge in [0, 0.05) is 37.6 Å². The Hall–Kier alpha value is -3.12. The van der Waals surface area contributed by atoms with Gasteiger partial charge in [-0.25, -0.2) is 4.98 Å². The lowest BCUT2D eigenvalue weighted by Crippen LogP contribution is -2.21. The summed E-state index contributed by atoms with van der Waals surface area (Å²) in [6, 6.07) is 12.3. The van der Waals surface area contributed by atoms with Gasteiger partial charge < -0.3 is 10.2 Å². The van der Waals surface area contributed by atoms with E-state index in [9.17, 15) is 9.59 Å². The van der Waals surface area contributed by atoms with Crippen molar-refractivity contribution in [2.75, 3.05) is 19.4 Å². The number of amides is 2. The molecule has 0 unspecified atom stereocenters. The highest BCUT2D eigenvalue weighted by Gasteiger charge is 2.10. The zero-order valence-electron chi connectivity index (χ0n) is 14.3. The molecule has 0 fully saturated rings. The molecule has 0 aliphatic carbocycles. The number of fused-ring (bicyclic) bond motifs is 1. The molecule has 2 aromatic heterocycles. The number of imidazole rings is 1. The summed E-state index contributed by atoms with van der Waals surface area (Å²) in [4.78, 5) is 29.9. The number of halogens is 1. The van der Waals surface area contributed by atoms with Crippen LogP contribution in [0.15, 0.2) is 54.7 Å². The molecule has 132 valence electrons. The van der Waals surface area contributed by atoms with Gasteiger partial charge in [0.05, 0.1) is 5.69 Å². The van der Waals surface area contributed by atoms with Crippen molar-refractivity contribution in [3.63, 3.8) is 0 Å². The molecule has 6 nitrogen and oxygen atoms in total. The Kier molecular flexibility index (Phi) is 5.04. The van der Waals surface area contributed by atoms with Crippen LogP contribution in [0.2, 0.25) is 5.15 Å². The van der Waals surface area contributed by atoms with Gasteiger partial charge in [-0.15, -0.1) is 0 Å². The van der Waals surface area contributed by atoms with E-state index in [0.29, 0.717) is 27.7 Å². The number of carbonyl (C=O) groups excluding carboxylic acids is 2. The molecule has 2 amide bonds. The van der Waals surface area contributed by atoms with Crippen molar-refractivity contribution in [3.8, 4) is 0 Å². The Bertz CT molecular complexity index is 1010. The van der Waals surface area contributed by atoms with Crippen LogP contribution in [-0.4, -0.2) is 40.2 Å². The molecular weight excluding hydrogens is 352 g/mol. The summed E-state index contributed by atoms with van der Waals surface area (Å²) in [7, 11) is 3.35. The summed E-state index contributed by atoms with van der Waals surface area (Å²) < 4.78 is 1.79. The molecule has 1 N–H and O–H groups in total. The number of rotatable bonds is 4. The fraction of sp³-hybridized carbons (Fsp3) is 0.105. The first-order valence-electron chi connectivity index (χ1n) is 7.89. The number of aromatic nitrogens is 2. The molecule has 1 aromatic carbocycles. The van der Waals surface area contributed by atoms with Gasteiger partial charge in [0.25, 0.3) is 5.91 Å². The summed E-state index contributed by atoms with van der Waals surface area (Å²) in [6.07, 6.45) is 4.80. The van der Waals surface area contributed by atoms with E-state index in [0.717, 1.165) is 0 Å². The molecule has 0 radical (unpaired) electrons. The normalized spacial score (nSPS) is 11.0. The fourth-order valence-electron chi connectivity index (χ4n) is 2.46. The van der Waals surface area contributed by atoms with Gasteiger partial charge in [0.1, 0.15) is 5.65 Å². The maximum atomic E-state index is 12.2. The van der Waals surface area contributed by atoms with Gasteiger partial charge in [-0.2, -0.15) is 0 Å². The summed E-state index contributed by atoms with van der Waals surface area (Å²) in [6.45, 7) is 0. The summed E-state index contributed by atoms with van der Waals surface area (Å²) in [5.41, 5.74) is 2.36. The van der Waals surface area contributed by atoms with Crippen LogP contribution in [0.5, 0.6) is 0 Å². The number of anilines is 1. The SMILES string of the molecule is CN(C)C(=O)c1cccc(NC(=O)/C=C/c2c(Cl)nc3ccccn23)c1. The molecule has 0 saturated heterocycles. The number of pyridine rings is 1. The average molecular weight is 369 g/mol. The monoisotopic (exact) mass is 368 g/mol. The van der Waals surface area contributed by atoms with E-state index in [2.05, 4.69) is 10.3 Å². The fourth-order valence-corrected chi connectivity index (χ4v) is 2.70. The van der Waals surface area contributed by atoms with E-state index in [4.69, 9.17) is 11.6 Å². The molecule has 3 rings (SSSR count). The van der Waals surface area contributed by atoms with Gasteiger partial charge in [-0.3, -0.25) is 14.0 Å². The highest BCUT2D eigenvalue weighted by atomic mass is 35.5. The van der Waals surface area contributed by atoms with Crippen LogP contribution in [0, 0.1) is 0 Å². The molecule has 26 heavy (non-hydrogen) atoms. The van der Waals surface area contributed by atoms with Crippen molar-refractivity contribution < 1.29 is 9.59 Å². The van der Waals surface area contributed by atoms with Crippen molar-refractivity contribution >= 4 is 40.8 Å². The minimum Gasteiger partial charge on any atom is -0.345 e. The molecular formula is C19H17ClN4O2. The summed E-state index contributed by atoms with van der Waals surface area (Å²) >= 11 is 6.14. The van der Waals surface area contributed by atoms with E-state index >= 15 is 0 Å². The highest BCUT2D eigenvalue weighted by Crippen LogP contribution is 2.19. The molecule has 0 aliphatic rings. The molecule has 0 bridgehead atoms. The van der Waals surface area contributed by atoms with Crippen molar-refractivity contribution in [1.29, 1.82) is 0 Å². The van der Waals surface area contributed by atoms with Crippen molar-refractivity contribution in [2.24, 2.45) is 0 Å². The predicted molar refractivity (Wildman–Crippen MR) is 102 cm³/mol. The first-order valence-corrected chi connectivity index (χ1v) is 8.27. The Morgan fingerprint density at radius 3 is 2.77 bits per heavy atom. The molecule has 0 aliphatic heterocycles. The topological polar surface area (TPSA) is 66.7 Å². The molecule has 2 heterocycles. The van der Waals surface area contributed by atoms with Gasteiger partial charge >= 0.3 is 0 Å². The predicted octanol–water partition coefficient (Wildman–Crippen LogP) is 3.34. The second-order valence-electron chi connectivity index (χ2n) is 5.82. The van der Waals surface area contributed by atoms with Crippen LogP contribution in [0.4, 0.5) is 5.69 Å². The van der Waals surface area contributed by atoms with Crippen LogP contribution in [0.3, 0.4) is 0 Å². The third-order valence-corrected chi connectivity index (χ3v) is 3.98. The molecule has 0 saturated carbocycles. The zero-order chi connectivity index (χ0) is 18.7. The third-order valence-electron chi connectivity index (χ3n) is 3.70. The molecule has 3 aromatic rings. The van der Waals surface area contributed by atoms with E-state index in [1.165, 1.54) is 11.0 Å². The van der Waals surface area contributed by atoms with Gasteiger partial charge in [-0.05, 0) is 36.4 Å². The zero-order valence-corrected chi connectivity index (χ0v) is 15.1. The number of hydrogen-bond donors (Lipinski definition) is 1. The average Bonchev–Trinajstić information content (AvgIpc) is 2.94. The smallest absolute Gasteiger partial charge is 0.253 e. The molecule has 7 heteroatoms. The van der Waals surface area contributed by atoms with E-state index in [-0.39, 0.29) is 11.8 Å². The maximum absolute atomic E-state index is 12.2. The van der Waals surface area contributed by atoms with Crippen LogP contribution >= 0.6 is 11.6 Å². The van der Waals surface area contributed by atoms with Crippen molar-refractivity contribution in [1.82, 2.24) is 14.3 Å². The van der Waals surface area contributed by atoms with Gasteiger partial charge in [-0.1, -0.05) is 23.7 Å². The maximum Gasteiger partial charge on any atom is 0.253 e. The first kappa shape index (κ1) is 17.7. The lowest BCUT2D eigenvalue weighted by molar-refractivity contribution is -0.111. The minimum atomic E-state index is -0.332. The molecule has 0 atom stereocenters. The largest absolute Gasteiger partial charge is 0.345 e. The third kappa shape index (κ3) is 3.75. The first-order chi connectivity index (χ1) is 12.5.